The van der Waals surface area contributed by atoms with Crippen LogP contribution in [0.3, 0.4) is 0 Å². The molecule has 1 aliphatic rings. The topological polar surface area (TPSA) is 46.3 Å². The number of hydrogen-bond acceptors (Lipinski definition) is 2. The molecular weight excluding hydrogens is 212 g/mol. The average Bonchev–Trinajstić information content (AvgIpc) is 2.35. The van der Waals surface area contributed by atoms with Gasteiger partial charge in [-0.25, -0.2) is 0 Å². The molecule has 3 nitrogen and oxygen atoms in total. The summed E-state index contributed by atoms with van der Waals surface area (Å²) in [6.45, 7) is 9.19. The Morgan fingerprint density at radius 3 is 2.35 bits per heavy atom. The molecule has 1 heterocycles. The van der Waals surface area contributed by atoms with Crippen molar-refractivity contribution in [1.82, 2.24) is 4.90 Å². The molecule has 0 spiro atoms. The van der Waals surface area contributed by atoms with Crippen LogP contribution >= 0.6 is 0 Å². The Hall–Kier alpha value is -0.570. The molecule has 0 radical (unpaired) electrons. The van der Waals surface area contributed by atoms with Crippen molar-refractivity contribution < 1.29 is 4.79 Å². The molecule has 1 saturated heterocycles. The van der Waals surface area contributed by atoms with Crippen LogP contribution in [0.1, 0.15) is 46.5 Å². The highest BCUT2D eigenvalue weighted by Gasteiger charge is 2.25. The van der Waals surface area contributed by atoms with E-state index >= 15 is 0 Å². The summed E-state index contributed by atoms with van der Waals surface area (Å²) >= 11 is 0. The molecule has 0 saturated carbocycles. The number of rotatable bonds is 5. The number of nitrogens with zero attached hydrogens (tertiary/aromatic N) is 1. The van der Waals surface area contributed by atoms with E-state index in [1.165, 1.54) is 12.8 Å². The highest BCUT2D eigenvalue weighted by Crippen LogP contribution is 2.25. The van der Waals surface area contributed by atoms with Crippen LogP contribution in [0.5, 0.6) is 0 Å². The van der Waals surface area contributed by atoms with Crippen LogP contribution in [-0.4, -0.2) is 30.4 Å². The van der Waals surface area contributed by atoms with E-state index < -0.39 is 0 Å². The Kier molecular flexibility index (Phi) is 5.96. The molecule has 2 N–H and O–H groups in total. The van der Waals surface area contributed by atoms with Gasteiger partial charge in [-0.15, -0.1) is 0 Å². The molecule has 17 heavy (non-hydrogen) atoms. The first-order chi connectivity index (χ1) is 8.08. The van der Waals surface area contributed by atoms with Crippen molar-refractivity contribution in [1.29, 1.82) is 0 Å². The van der Waals surface area contributed by atoms with E-state index in [2.05, 4.69) is 20.8 Å². The fraction of sp³-hybridized carbons (Fsp3) is 0.929. The first kappa shape index (κ1) is 14.5. The maximum atomic E-state index is 12.1. The smallest absolute Gasteiger partial charge is 0.222 e. The first-order valence-electron chi connectivity index (χ1n) is 7.06. The molecule has 0 aliphatic carbocycles. The second-order valence-electron chi connectivity index (χ2n) is 5.68. The third-order valence-corrected chi connectivity index (χ3v) is 4.21. The molecule has 1 amide bonds. The Labute approximate surface area is 106 Å². The van der Waals surface area contributed by atoms with Crippen LogP contribution in [0, 0.1) is 17.8 Å². The number of likely N-dealkylation sites (tertiary alicyclic amines) is 1. The third-order valence-electron chi connectivity index (χ3n) is 4.21. The van der Waals surface area contributed by atoms with Crippen LogP contribution in [0.15, 0.2) is 0 Å². The Morgan fingerprint density at radius 1 is 1.35 bits per heavy atom. The van der Waals surface area contributed by atoms with Gasteiger partial charge in [0.2, 0.25) is 5.91 Å². The number of piperidine rings is 1. The molecule has 1 unspecified atom stereocenters. The van der Waals surface area contributed by atoms with Crippen LogP contribution in [-0.2, 0) is 4.79 Å². The Bertz CT molecular complexity index is 228. The van der Waals surface area contributed by atoms with Gasteiger partial charge in [0.05, 0.1) is 0 Å². The van der Waals surface area contributed by atoms with Crippen LogP contribution in [0.2, 0.25) is 0 Å². The summed E-state index contributed by atoms with van der Waals surface area (Å²) in [5.74, 6) is 2.23. The molecular formula is C14H28N2O. The SMILES string of the molecule is CCC(CN)CC(=O)N1CCC(C(C)C)CC1. The van der Waals surface area contributed by atoms with E-state index in [4.69, 9.17) is 5.73 Å². The van der Waals surface area contributed by atoms with Gasteiger partial charge in [-0.1, -0.05) is 27.2 Å². The summed E-state index contributed by atoms with van der Waals surface area (Å²) in [4.78, 5) is 14.1. The summed E-state index contributed by atoms with van der Waals surface area (Å²) in [6, 6.07) is 0. The lowest BCUT2D eigenvalue weighted by Crippen LogP contribution is -2.40. The number of nitrogens with two attached hydrogens (primary N) is 1. The number of amides is 1. The minimum atomic E-state index is 0.310. The predicted octanol–water partition coefficient (Wildman–Crippen LogP) is 2.26. The molecule has 0 aromatic heterocycles. The van der Waals surface area contributed by atoms with E-state index in [1.807, 2.05) is 4.90 Å². The van der Waals surface area contributed by atoms with Gasteiger partial charge in [-0.05, 0) is 37.1 Å². The van der Waals surface area contributed by atoms with E-state index in [0.717, 1.165) is 31.3 Å². The Morgan fingerprint density at radius 2 is 1.94 bits per heavy atom. The van der Waals surface area contributed by atoms with Crippen molar-refractivity contribution >= 4 is 5.91 Å². The zero-order valence-electron chi connectivity index (χ0n) is 11.6. The zero-order chi connectivity index (χ0) is 12.8. The number of hydrogen-bond donors (Lipinski definition) is 1. The molecule has 1 aliphatic heterocycles. The van der Waals surface area contributed by atoms with Gasteiger partial charge in [0.1, 0.15) is 0 Å². The minimum absolute atomic E-state index is 0.310. The highest BCUT2D eigenvalue weighted by atomic mass is 16.2. The molecule has 1 atom stereocenters. The minimum Gasteiger partial charge on any atom is -0.343 e. The second-order valence-corrected chi connectivity index (χ2v) is 5.68. The van der Waals surface area contributed by atoms with Gasteiger partial charge in [-0.2, -0.15) is 0 Å². The molecule has 0 aromatic carbocycles. The van der Waals surface area contributed by atoms with Crippen molar-refractivity contribution in [3.05, 3.63) is 0 Å². The van der Waals surface area contributed by atoms with Crippen LogP contribution in [0.4, 0.5) is 0 Å². The van der Waals surface area contributed by atoms with E-state index in [0.29, 0.717) is 24.8 Å². The van der Waals surface area contributed by atoms with E-state index in [-0.39, 0.29) is 0 Å². The standard InChI is InChI=1S/C14H28N2O/c1-4-12(10-15)9-14(17)16-7-5-13(6-8-16)11(2)3/h11-13H,4-10,15H2,1-3H3. The predicted molar refractivity (Wildman–Crippen MR) is 71.6 cm³/mol. The highest BCUT2D eigenvalue weighted by molar-refractivity contribution is 5.76. The van der Waals surface area contributed by atoms with Gasteiger partial charge in [-0.3, -0.25) is 4.79 Å². The molecule has 1 rings (SSSR count). The molecule has 3 heteroatoms. The monoisotopic (exact) mass is 240 g/mol. The van der Waals surface area contributed by atoms with Crippen molar-refractivity contribution in [2.75, 3.05) is 19.6 Å². The molecule has 1 fully saturated rings. The fourth-order valence-electron chi connectivity index (χ4n) is 2.59. The van der Waals surface area contributed by atoms with Gasteiger partial charge < -0.3 is 10.6 Å². The lowest BCUT2D eigenvalue weighted by atomic mass is 9.86. The summed E-state index contributed by atoms with van der Waals surface area (Å²) in [7, 11) is 0. The normalized spacial score (nSPS) is 19.7. The average molecular weight is 240 g/mol. The maximum Gasteiger partial charge on any atom is 0.222 e. The fourth-order valence-corrected chi connectivity index (χ4v) is 2.59. The molecule has 100 valence electrons. The Balaban J connectivity index is 2.35. The van der Waals surface area contributed by atoms with Crippen molar-refractivity contribution in [3.8, 4) is 0 Å². The van der Waals surface area contributed by atoms with E-state index in [9.17, 15) is 4.79 Å². The number of carbonyl (C=O) groups is 1. The largest absolute Gasteiger partial charge is 0.343 e. The van der Waals surface area contributed by atoms with Gasteiger partial charge in [0, 0.05) is 19.5 Å². The molecule has 0 bridgehead atoms. The third kappa shape index (κ3) is 4.30. The van der Waals surface area contributed by atoms with Gasteiger partial charge in [0.25, 0.3) is 0 Å². The van der Waals surface area contributed by atoms with E-state index in [1.54, 1.807) is 0 Å². The lowest BCUT2D eigenvalue weighted by Gasteiger charge is -2.34. The second kappa shape index (κ2) is 7.00. The zero-order valence-corrected chi connectivity index (χ0v) is 11.6. The summed E-state index contributed by atoms with van der Waals surface area (Å²) in [6.07, 6.45) is 3.98. The van der Waals surface area contributed by atoms with Gasteiger partial charge >= 0.3 is 0 Å². The van der Waals surface area contributed by atoms with Crippen molar-refractivity contribution in [2.45, 2.75) is 46.5 Å². The maximum absolute atomic E-state index is 12.1. The van der Waals surface area contributed by atoms with Gasteiger partial charge in [0.15, 0.2) is 0 Å². The van der Waals surface area contributed by atoms with Crippen LogP contribution in [0.25, 0.3) is 0 Å². The number of carbonyl (C=O) groups excluding carboxylic acids is 1. The first-order valence-corrected chi connectivity index (χ1v) is 7.06. The van der Waals surface area contributed by atoms with Crippen LogP contribution < -0.4 is 5.73 Å². The summed E-state index contributed by atoms with van der Waals surface area (Å²) in [5.41, 5.74) is 5.65. The lowest BCUT2D eigenvalue weighted by molar-refractivity contribution is -0.133. The summed E-state index contributed by atoms with van der Waals surface area (Å²) < 4.78 is 0. The molecule has 0 aromatic rings. The van der Waals surface area contributed by atoms with Crippen molar-refractivity contribution in [3.63, 3.8) is 0 Å². The quantitative estimate of drug-likeness (QED) is 0.801. The van der Waals surface area contributed by atoms with Crippen molar-refractivity contribution in [2.24, 2.45) is 23.5 Å². The summed E-state index contributed by atoms with van der Waals surface area (Å²) in [5, 5.41) is 0.